The summed E-state index contributed by atoms with van der Waals surface area (Å²) < 4.78 is 22.3. The van der Waals surface area contributed by atoms with Crippen LogP contribution in [0.4, 0.5) is 5.69 Å². The Balaban J connectivity index is 2.22. The lowest BCUT2D eigenvalue weighted by molar-refractivity contribution is -0.236. The van der Waals surface area contributed by atoms with Gasteiger partial charge in [-0.05, 0) is 66.7 Å². The van der Waals surface area contributed by atoms with Gasteiger partial charge in [-0.2, -0.15) is 0 Å². The quantitative estimate of drug-likeness (QED) is 0.0938. The largest absolute Gasteiger partial charge is 0.497 e. The fourth-order valence-electron chi connectivity index (χ4n) is 5.53. The molecular formula is C36H52N2O6. The molecule has 0 N–H and O–H groups in total. The van der Waals surface area contributed by atoms with Gasteiger partial charge >= 0.3 is 11.9 Å². The van der Waals surface area contributed by atoms with Crippen LogP contribution >= 0.6 is 0 Å². The van der Waals surface area contributed by atoms with E-state index in [9.17, 15) is 9.59 Å². The fraction of sp³-hybridized carbons (Fsp3) is 0.583. The van der Waals surface area contributed by atoms with Crippen molar-refractivity contribution in [2.75, 3.05) is 14.2 Å². The molecule has 0 atom stereocenters. The van der Waals surface area contributed by atoms with E-state index >= 15 is 0 Å². The number of esters is 2. The summed E-state index contributed by atoms with van der Waals surface area (Å²) in [6, 6.07) is 13.9. The number of aryl methyl sites for hydroxylation is 1. The van der Waals surface area contributed by atoms with Gasteiger partial charge in [0.2, 0.25) is 5.92 Å². The summed E-state index contributed by atoms with van der Waals surface area (Å²) in [6.07, 6.45) is 3.82. The topological polar surface area (TPSA) is 86.7 Å². The molecule has 0 amide bonds. The van der Waals surface area contributed by atoms with Crippen molar-refractivity contribution in [3.8, 4) is 11.5 Å². The number of methoxy groups -OCH3 is 2. The summed E-state index contributed by atoms with van der Waals surface area (Å²) in [7, 11) is 3.13. The molecule has 8 nitrogen and oxygen atoms in total. The maximum atomic E-state index is 13.6. The van der Waals surface area contributed by atoms with Crippen molar-refractivity contribution in [1.82, 2.24) is 4.90 Å². The number of aliphatic imine (C=N–C) groups is 1. The van der Waals surface area contributed by atoms with Crippen molar-refractivity contribution in [1.29, 1.82) is 0 Å². The van der Waals surface area contributed by atoms with Gasteiger partial charge in [0.05, 0.1) is 14.2 Å². The van der Waals surface area contributed by atoms with E-state index < -0.39 is 23.6 Å². The minimum atomic E-state index is -1.36. The Morgan fingerprint density at radius 1 is 0.841 bits per heavy atom. The Bertz CT molecular complexity index is 1250. The van der Waals surface area contributed by atoms with Gasteiger partial charge in [-0.25, -0.2) is 4.99 Å². The van der Waals surface area contributed by atoms with Crippen LogP contribution in [0.3, 0.4) is 0 Å². The number of amidine groups is 1. The first kappa shape index (κ1) is 34.9. The molecule has 242 valence electrons. The average Bonchev–Trinajstić information content (AvgIpc) is 2.93. The first-order valence-electron chi connectivity index (χ1n) is 15.8. The maximum Gasteiger partial charge on any atom is 0.331 e. The Morgan fingerprint density at radius 3 is 1.91 bits per heavy atom. The second-order valence-electron chi connectivity index (χ2n) is 13.5. The van der Waals surface area contributed by atoms with Gasteiger partial charge in [0.25, 0.3) is 5.79 Å². The molecule has 3 rings (SSSR count). The molecule has 0 spiro atoms. The summed E-state index contributed by atoms with van der Waals surface area (Å²) in [4.78, 5) is 34.4. The number of carbonyl (C=O) groups excluding carboxylic acids is 2. The molecule has 2 aromatic carbocycles. The predicted octanol–water partition coefficient (Wildman–Crippen LogP) is 7.74. The highest BCUT2D eigenvalue weighted by molar-refractivity contribution is 6.17. The Kier molecular flexibility index (Phi) is 12.3. The molecule has 2 aromatic rings. The standard InChI is InChI=1S/C36H52N2O6/c1-23(2)11-12-26-13-15-27(16-14-26)22-38(28(19-24(3)4)20-25(5)6)33(32-34(39)43-36(7,8)44-35(32)40)37-30-18-17-29(41-9)21-31(30)42-10/h13-18,21,23-25,28,32H,11-12,19-20,22H2,1-10H3. The van der Waals surface area contributed by atoms with Crippen LogP contribution < -0.4 is 9.47 Å². The second kappa shape index (κ2) is 15.4. The van der Waals surface area contributed by atoms with Crippen molar-refractivity contribution < 1.29 is 28.5 Å². The molecule has 0 bridgehead atoms. The molecule has 0 aromatic heterocycles. The molecule has 8 heteroatoms. The third-order valence-corrected chi connectivity index (χ3v) is 7.65. The zero-order valence-electron chi connectivity index (χ0n) is 28.3. The number of hydrogen-bond acceptors (Lipinski definition) is 7. The molecule has 1 heterocycles. The van der Waals surface area contributed by atoms with Gasteiger partial charge in [-0.3, -0.25) is 9.59 Å². The summed E-state index contributed by atoms with van der Waals surface area (Å²) in [5, 5.41) is 0. The molecule has 44 heavy (non-hydrogen) atoms. The summed E-state index contributed by atoms with van der Waals surface area (Å²) >= 11 is 0. The van der Waals surface area contributed by atoms with Gasteiger partial charge in [0.15, 0.2) is 0 Å². The van der Waals surface area contributed by atoms with Gasteiger partial charge < -0.3 is 23.8 Å². The highest BCUT2D eigenvalue weighted by Crippen LogP contribution is 2.35. The zero-order valence-corrected chi connectivity index (χ0v) is 28.3. The molecule has 0 aliphatic carbocycles. The predicted molar refractivity (Wildman–Crippen MR) is 174 cm³/mol. The minimum absolute atomic E-state index is 0.0193. The minimum Gasteiger partial charge on any atom is -0.497 e. The highest BCUT2D eigenvalue weighted by Gasteiger charge is 2.48. The van der Waals surface area contributed by atoms with Crippen LogP contribution in [-0.4, -0.2) is 48.7 Å². The first-order chi connectivity index (χ1) is 20.7. The van der Waals surface area contributed by atoms with Gasteiger partial charge in [0.1, 0.15) is 23.0 Å². The van der Waals surface area contributed by atoms with Gasteiger partial charge in [-0.15, -0.1) is 0 Å². The van der Waals surface area contributed by atoms with E-state index in [2.05, 4.69) is 70.7 Å². The highest BCUT2D eigenvalue weighted by atomic mass is 16.7. The lowest BCUT2D eigenvalue weighted by atomic mass is 9.92. The first-order valence-corrected chi connectivity index (χ1v) is 15.8. The van der Waals surface area contributed by atoms with Crippen LogP contribution in [0.1, 0.15) is 85.8 Å². The average molecular weight is 609 g/mol. The molecule has 0 radical (unpaired) electrons. The van der Waals surface area contributed by atoms with E-state index in [1.165, 1.54) is 5.56 Å². The SMILES string of the molecule is COc1ccc(N=C(C2C(=O)OC(C)(C)OC2=O)N(Cc2ccc(CCC(C)C)cc2)C(CC(C)C)CC(C)C)c(OC)c1. The van der Waals surface area contributed by atoms with E-state index in [-0.39, 0.29) is 11.9 Å². The van der Waals surface area contributed by atoms with Crippen molar-refractivity contribution in [2.45, 2.75) is 99.4 Å². The van der Waals surface area contributed by atoms with E-state index in [1.54, 1.807) is 46.3 Å². The smallest absolute Gasteiger partial charge is 0.331 e. The molecular weight excluding hydrogens is 556 g/mol. The van der Waals surface area contributed by atoms with Crippen LogP contribution in [-0.2, 0) is 32.0 Å². The number of nitrogens with zero attached hydrogens (tertiary/aromatic N) is 2. The third-order valence-electron chi connectivity index (χ3n) is 7.65. The maximum absolute atomic E-state index is 13.6. The van der Waals surface area contributed by atoms with Gasteiger partial charge in [-0.1, -0.05) is 65.8 Å². The number of hydrogen-bond donors (Lipinski definition) is 0. The summed E-state index contributed by atoms with van der Waals surface area (Å²) in [6.45, 7) is 16.8. The third kappa shape index (κ3) is 9.73. The molecule has 1 aliphatic rings. The molecule has 1 aliphatic heterocycles. The monoisotopic (exact) mass is 608 g/mol. The van der Waals surface area contributed by atoms with E-state index in [0.717, 1.165) is 31.2 Å². The number of ether oxygens (including phenoxy) is 4. The number of carbonyl (C=O) groups is 2. The van der Waals surface area contributed by atoms with Crippen molar-refractivity contribution in [3.05, 3.63) is 53.6 Å². The summed E-state index contributed by atoms with van der Waals surface area (Å²) in [5.41, 5.74) is 2.81. The van der Waals surface area contributed by atoms with Crippen LogP contribution in [0.15, 0.2) is 47.5 Å². The van der Waals surface area contributed by atoms with Gasteiger partial charge in [0, 0.05) is 32.5 Å². The summed E-state index contributed by atoms with van der Waals surface area (Å²) in [5.74, 6) is -1.38. The van der Waals surface area contributed by atoms with Crippen LogP contribution in [0.5, 0.6) is 11.5 Å². The number of rotatable bonds is 14. The lowest BCUT2D eigenvalue weighted by Gasteiger charge is -2.40. The zero-order chi connectivity index (χ0) is 32.6. The number of benzene rings is 2. The molecule has 1 saturated heterocycles. The van der Waals surface area contributed by atoms with E-state index in [4.69, 9.17) is 23.9 Å². The van der Waals surface area contributed by atoms with Crippen LogP contribution in [0.25, 0.3) is 0 Å². The van der Waals surface area contributed by atoms with Crippen molar-refractivity contribution in [3.63, 3.8) is 0 Å². The molecule has 1 fully saturated rings. The Hall–Kier alpha value is -3.55. The van der Waals surface area contributed by atoms with E-state index in [0.29, 0.717) is 41.5 Å². The van der Waals surface area contributed by atoms with Crippen molar-refractivity contribution in [2.24, 2.45) is 28.7 Å². The molecule has 0 saturated carbocycles. The Labute approximate surface area is 264 Å². The molecule has 0 unspecified atom stereocenters. The fourth-order valence-corrected chi connectivity index (χ4v) is 5.53. The van der Waals surface area contributed by atoms with Crippen molar-refractivity contribution >= 4 is 23.5 Å². The van der Waals surface area contributed by atoms with Crippen LogP contribution in [0, 0.1) is 23.7 Å². The lowest BCUT2D eigenvalue weighted by Crippen LogP contribution is -2.54. The number of cyclic esters (lactones) is 2. The Morgan fingerprint density at radius 2 is 1.41 bits per heavy atom. The van der Waals surface area contributed by atoms with E-state index in [1.807, 2.05) is 0 Å². The second-order valence-corrected chi connectivity index (χ2v) is 13.5. The normalized spacial score (nSPS) is 15.6. The van der Waals surface area contributed by atoms with Crippen LogP contribution in [0.2, 0.25) is 0 Å².